The van der Waals surface area contributed by atoms with Gasteiger partial charge in [0.15, 0.2) is 0 Å². The minimum absolute atomic E-state index is 0.136. The van der Waals surface area contributed by atoms with E-state index < -0.39 is 0 Å². The van der Waals surface area contributed by atoms with Crippen LogP contribution in [0.3, 0.4) is 0 Å². The Hall–Kier alpha value is -0.580. The Morgan fingerprint density at radius 1 is 1.50 bits per heavy atom. The lowest BCUT2D eigenvalue weighted by atomic mass is 10.2. The van der Waals surface area contributed by atoms with Crippen molar-refractivity contribution in [3.63, 3.8) is 0 Å². The third-order valence-corrected chi connectivity index (χ3v) is 2.73. The molecule has 0 radical (unpaired) electrons. The van der Waals surface area contributed by atoms with E-state index >= 15 is 0 Å². The molecule has 0 saturated carbocycles. The van der Waals surface area contributed by atoms with E-state index in [4.69, 9.17) is 16.7 Å². The van der Waals surface area contributed by atoms with Crippen LogP contribution in [0.2, 0.25) is 5.15 Å². The fourth-order valence-corrected chi connectivity index (χ4v) is 1.86. The molecule has 1 aromatic rings. The first-order chi connectivity index (χ1) is 7.56. The van der Waals surface area contributed by atoms with Crippen LogP contribution in [0.1, 0.15) is 25.1 Å². The molecule has 1 aromatic heterocycles. The number of nitrogens with zero attached hydrogens (tertiary/aromatic N) is 2. The van der Waals surface area contributed by atoms with Crippen LogP contribution in [0.15, 0.2) is 0 Å². The van der Waals surface area contributed by atoms with Crippen LogP contribution in [0.4, 0.5) is 0 Å². The van der Waals surface area contributed by atoms with Gasteiger partial charge in [0, 0.05) is 25.2 Å². The molecule has 5 heteroatoms. The lowest BCUT2D eigenvalue weighted by Crippen LogP contribution is -2.18. The first-order valence-corrected chi connectivity index (χ1v) is 5.97. The van der Waals surface area contributed by atoms with E-state index in [0.29, 0.717) is 24.2 Å². The van der Waals surface area contributed by atoms with Gasteiger partial charge in [-0.05, 0) is 12.8 Å². The number of aliphatic hydroxyl groups is 1. The summed E-state index contributed by atoms with van der Waals surface area (Å²) in [6.45, 7) is 8.43. The zero-order valence-corrected chi connectivity index (χ0v) is 10.9. The van der Waals surface area contributed by atoms with Crippen molar-refractivity contribution in [1.82, 2.24) is 15.1 Å². The van der Waals surface area contributed by atoms with Crippen molar-refractivity contribution in [2.75, 3.05) is 13.2 Å². The van der Waals surface area contributed by atoms with E-state index in [1.54, 1.807) is 0 Å². The van der Waals surface area contributed by atoms with Crippen molar-refractivity contribution in [1.29, 1.82) is 0 Å². The van der Waals surface area contributed by atoms with Crippen LogP contribution >= 0.6 is 11.6 Å². The van der Waals surface area contributed by atoms with Gasteiger partial charge < -0.3 is 10.4 Å². The smallest absolute Gasteiger partial charge is 0.131 e. The van der Waals surface area contributed by atoms with Gasteiger partial charge in [-0.25, -0.2) is 0 Å². The Balaban J connectivity index is 2.72. The summed E-state index contributed by atoms with van der Waals surface area (Å²) < 4.78 is 1.84. The summed E-state index contributed by atoms with van der Waals surface area (Å²) >= 11 is 6.25. The van der Waals surface area contributed by atoms with E-state index in [2.05, 4.69) is 24.3 Å². The van der Waals surface area contributed by atoms with Crippen LogP contribution in [-0.4, -0.2) is 28.0 Å². The molecule has 92 valence electrons. The maximum absolute atomic E-state index is 8.69. The summed E-state index contributed by atoms with van der Waals surface area (Å²) in [4.78, 5) is 0. The molecule has 16 heavy (non-hydrogen) atoms. The van der Waals surface area contributed by atoms with Crippen molar-refractivity contribution in [3.05, 3.63) is 16.4 Å². The van der Waals surface area contributed by atoms with Crippen LogP contribution in [-0.2, 0) is 13.1 Å². The van der Waals surface area contributed by atoms with Gasteiger partial charge in [-0.15, -0.1) is 0 Å². The molecule has 2 N–H and O–H groups in total. The van der Waals surface area contributed by atoms with E-state index in [1.165, 1.54) is 0 Å². The van der Waals surface area contributed by atoms with Crippen LogP contribution in [0, 0.1) is 12.8 Å². The molecule has 0 saturated heterocycles. The molecule has 0 aliphatic heterocycles. The highest BCUT2D eigenvalue weighted by atomic mass is 35.5. The average Bonchev–Trinajstić information content (AvgIpc) is 2.45. The summed E-state index contributed by atoms with van der Waals surface area (Å²) in [5.74, 6) is 0.523. The first-order valence-electron chi connectivity index (χ1n) is 5.59. The quantitative estimate of drug-likeness (QED) is 0.749. The largest absolute Gasteiger partial charge is 0.395 e. The van der Waals surface area contributed by atoms with Crippen molar-refractivity contribution in [2.45, 2.75) is 33.9 Å². The van der Waals surface area contributed by atoms with Crippen LogP contribution in [0.5, 0.6) is 0 Å². The minimum atomic E-state index is 0.136. The maximum atomic E-state index is 8.69. The Morgan fingerprint density at radius 3 is 2.75 bits per heavy atom. The number of hydrogen-bond donors (Lipinski definition) is 2. The molecule has 0 fully saturated rings. The zero-order valence-electron chi connectivity index (χ0n) is 10.1. The molecule has 0 atom stereocenters. The number of aryl methyl sites for hydroxylation is 1. The SMILES string of the molecule is Cc1nn(CC(C)C)c(Cl)c1CNCCO. The number of aliphatic hydroxyl groups excluding tert-OH is 1. The first kappa shape index (κ1) is 13.5. The molecule has 0 amide bonds. The van der Waals surface area contributed by atoms with Gasteiger partial charge in [-0.3, -0.25) is 4.68 Å². The second-order valence-corrected chi connectivity index (χ2v) is 4.69. The highest BCUT2D eigenvalue weighted by Crippen LogP contribution is 2.20. The summed E-state index contributed by atoms with van der Waals surface area (Å²) in [7, 11) is 0. The number of halogens is 1. The van der Waals surface area contributed by atoms with Crippen molar-refractivity contribution >= 4 is 11.6 Å². The molecule has 1 heterocycles. The van der Waals surface area contributed by atoms with Gasteiger partial charge in [0.05, 0.1) is 12.3 Å². The Morgan fingerprint density at radius 2 is 2.19 bits per heavy atom. The highest BCUT2D eigenvalue weighted by molar-refractivity contribution is 6.30. The van der Waals surface area contributed by atoms with E-state index in [1.807, 2.05) is 11.6 Å². The summed E-state index contributed by atoms with van der Waals surface area (Å²) in [6.07, 6.45) is 0. The number of aromatic nitrogens is 2. The van der Waals surface area contributed by atoms with Crippen molar-refractivity contribution in [2.24, 2.45) is 5.92 Å². The molecule has 0 aliphatic rings. The molecule has 0 unspecified atom stereocenters. The molecular formula is C11H20ClN3O. The van der Waals surface area contributed by atoms with Gasteiger partial charge in [-0.2, -0.15) is 5.10 Å². The Bertz CT molecular complexity index is 336. The fraction of sp³-hybridized carbons (Fsp3) is 0.727. The third-order valence-electron chi connectivity index (χ3n) is 2.31. The van der Waals surface area contributed by atoms with Gasteiger partial charge in [0.25, 0.3) is 0 Å². The number of rotatable bonds is 6. The lowest BCUT2D eigenvalue weighted by molar-refractivity contribution is 0.292. The zero-order chi connectivity index (χ0) is 12.1. The normalized spacial score (nSPS) is 11.4. The summed E-state index contributed by atoms with van der Waals surface area (Å²) in [5, 5.41) is 16.9. The van der Waals surface area contributed by atoms with Crippen LogP contribution < -0.4 is 5.32 Å². The predicted molar refractivity (Wildman–Crippen MR) is 65.6 cm³/mol. The lowest BCUT2D eigenvalue weighted by Gasteiger charge is -2.06. The van der Waals surface area contributed by atoms with Crippen molar-refractivity contribution < 1.29 is 5.11 Å². The van der Waals surface area contributed by atoms with E-state index in [9.17, 15) is 0 Å². The van der Waals surface area contributed by atoms with Crippen molar-refractivity contribution in [3.8, 4) is 0 Å². The minimum Gasteiger partial charge on any atom is -0.395 e. The van der Waals surface area contributed by atoms with Gasteiger partial charge in [-0.1, -0.05) is 25.4 Å². The number of nitrogens with one attached hydrogen (secondary N) is 1. The molecule has 4 nitrogen and oxygen atoms in total. The van der Waals surface area contributed by atoms with Gasteiger partial charge in [0.1, 0.15) is 5.15 Å². The molecule has 0 spiro atoms. The summed E-state index contributed by atoms with van der Waals surface area (Å²) in [6, 6.07) is 0. The van der Waals surface area contributed by atoms with E-state index in [-0.39, 0.29) is 6.61 Å². The molecule has 0 aliphatic carbocycles. The third kappa shape index (κ3) is 3.47. The van der Waals surface area contributed by atoms with Crippen LogP contribution in [0.25, 0.3) is 0 Å². The molecule has 1 rings (SSSR count). The monoisotopic (exact) mass is 245 g/mol. The standard InChI is InChI=1S/C11H20ClN3O/c1-8(2)7-15-11(12)10(9(3)14-15)6-13-4-5-16/h8,13,16H,4-7H2,1-3H3. The second-order valence-electron chi connectivity index (χ2n) is 4.33. The maximum Gasteiger partial charge on any atom is 0.131 e. The second kappa shape index (κ2) is 6.23. The summed E-state index contributed by atoms with van der Waals surface area (Å²) in [5.41, 5.74) is 1.98. The molecule has 0 bridgehead atoms. The molecule has 0 aromatic carbocycles. The Kier molecular flexibility index (Phi) is 5.25. The van der Waals surface area contributed by atoms with Gasteiger partial charge in [0.2, 0.25) is 0 Å². The number of hydrogen-bond acceptors (Lipinski definition) is 3. The van der Waals surface area contributed by atoms with E-state index in [0.717, 1.165) is 17.8 Å². The topological polar surface area (TPSA) is 50.1 Å². The Labute approximate surface area is 102 Å². The predicted octanol–water partition coefficient (Wildman–Crippen LogP) is 1.58. The average molecular weight is 246 g/mol. The highest BCUT2D eigenvalue weighted by Gasteiger charge is 2.13. The van der Waals surface area contributed by atoms with Gasteiger partial charge >= 0.3 is 0 Å². The molecular weight excluding hydrogens is 226 g/mol. The fourth-order valence-electron chi connectivity index (χ4n) is 1.55.